The molecule has 1 atom stereocenters. The van der Waals surface area contributed by atoms with Crippen LogP contribution in [0.25, 0.3) is 0 Å². The van der Waals surface area contributed by atoms with Crippen LogP contribution in [0.1, 0.15) is 17.8 Å². The van der Waals surface area contributed by atoms with Gasteiger partial charge in [-0.1, -0.05) is 35.5 Å². The van der Waals surface area contributed by atoms with E-state index in [0.717, 1.165) is 25.9 Å². The zero-order valence-corrected chi connectivity index (χ0v) is 13.5. The van der Waals surface area contributed by atoms with Crippen molar-refractivity contribution in [3.05, 3.63) is 41.7 Å². The van der Waals surface area contributed by atoms with Crippen molar-refractivity contribution in [2.45, 2.75) is 25.5 Å². The van der Waals surface area contributed by atoms with Crippen molar-refractivity contribution in [3.63, 3.8) is 0 Å². The molecule has 0 saturated carbocycles. The summed E-state index contributed by atoms with van der Waals surface area (Å²) in [6.45, 7) is 3.28. The zero-order valence-electron chi connectivity index (χ0n) is 13.5. The molecule has 0 spiro atoms. The smallest absolute Gasteiger partial charge is 0.250 e. The first-order valence-corrected chi connectivity index (χ1v) is 8.19. The molecular weight excluding hydrogens is 308 g/mol. The number of nitrogens with one attached hydrogen (secondary N) is 2. The van der Waals surface area contributed by atoms with Crippen LogP contribution in [0.4, 0.5) is 0 Å². The molecule has 128 valence electrons. The molecule has 2 N–H and O–H groups in total. The minimum Gasteiger partial charge on any atom is -0.366 e. The summed E-state index contributed by atoms with van der Waals surface area (Å²) in [5.74, 6) is 0.325. The maximum Gasteiger partial charge on any atom is 0.250 e. The number of nitrogens with zero attached hydrogens (tertiary/aromatic N) is 4. The minimum absolute atomic E-state index is 0.132. The molecule has 0 radical (unpaired) electrons. The summed E-state index contributed by atoms with van der Waals surface area (Å²) in [5, 5.41) is 16.2. The summed E-state index contributed by atoms with van der Waals surface area (Å²) in [6.07, 6.45) is 1.68. The Bertz CT molecular complexity index is 619. The van der Waals surface area contributed by atoms with Gasteiger partial charge in [-0.2, -0.15) is 5.21 Å². The molecule has 1 aromatic heterocycles. The molecule has 8 nitrogen and oxygen atoms in total. The number of benzene rings is 1. The molecular formula is C16H22N6O2. The van der Waals surface area contributed by atoms with Crippen LogP contribution in [0, 0.1) is 0 Å². The maximum absolute atomic E-state index is 12.2. The fourth-order valence-corrected chi connectivity index (χ4v) is 2.75. The zero-order chi connectivity index (χ0) is 16.6. The lowest BCUT2D eigenvalue weighted by Gasteiger charge is -2.32. The average Bonchev–Trinajstić information content (AvgIpc) is 3.14. The van der Waals surface area contributed by atoms with Gasteiger partial charge in [0.05, 0.1) is 13.2 Å². The van der Waals surface area contributed by atoms with Crippen molar-refractivity contribution in [1.29, 1.82) is 0 Å². The maximum atomic E-state index is 12.2. The number of H-pyrrole nitrogens is 1. The number of hydrogen-bond donors (Lipinski definition) is 2. The normalized spacial score (nSPS) is 18.4. The Morgan fingerprint density at radius 3 is 3.04 bits per heavy atom. The van der Waals surface area contributed by atoms with Gasteiger partial charge in [-0.25, -0.2) is 0 Å². The van der Waals surface area contributed by atoms with Gasteiger partial charge in [0, 0.05) is 13.1 Å². The first-order valence-electron chi connectivity index (χ1n) is 8.19. The van der Waals surface area contributed by atoms with E-state index < -0.39 is 6.10 Å². The number of morpholine rings is 1. The lowest BCUT2D eigenvalue weighted by molar-refractivity contribution is -0.138. The molecule has 1 saturated heterocycles. The molecule has 1 aliphatic heterocycles. The number of ether oxygens (including phenoxy) is 1. The highest BCUT2D eigenvalue weighted by molar-refractivity contribution is 5.81. The van der Waals surface area contributed by atoms with Crippen molar-refractivity contribution >= 4 is 5.91 Å². The van der Waals surface area contributed by atoms with Crippen molar-refractivity contribution in [1.82, 2.24) is 30.8 Å². The summed E-state index contributed by atoms with van der Waals surface area (Å²) < 4.78 is 5.59. The van der Waals surface area contributed by atoms with E-state index in [-0.39, 0.29) is 12.5 Å². The van der Waals surface area contributed by atoms with E-state index in [1.807, 2.05) is 6.07 Å². The van der Waals surface area contributed by atoms with E-state index in [1.54, 1.807) is 0 Å². The molecule has 24 heavy (non-hydrogen) atoms. The Kier molecular flexibility index (Phi) is 5.86. The standard InChI is InChI=1S/C16H22N6O2/c23-16(17-11-15-18-20-21-19-15)14-12-22(9-10-24-14)8-4-7-13-5-2-1-3-6-13/h1-3,5-6,14H,4,7-12H2,(H,17,23)(H,18,19,20,21)/t14-/m1/s1. The van der Waals surface area contributed by atoms with E-state index in [1.165, 1.54) is 5.56 Å². The molecule has 0 bridgehead atoms. The first-order chi connectivity index (χ1) is 11.8. The number of amides is 1. The molecule has 3 rings (SSSR count). The Morgan fingerprint density at radius 2 is 2.25 bits per heavy atom. The molecule has 8 heteroatoms. The molecule has 2 heterocycles. The summed E-state index contributed by atoms with van der Waals surface area (Å²) in [4.78, 5) is 14.5. The number of hydrogen-bond acceptors (Lipinski definition) is 6. The van der Waals surface area contributed by atoms with Gasteiger partial charge in [-0.05, 0) is 24.9 Å². The lowest BCUT2D eigenvalue weighted by atomic mass is 10.1. The van der Waals surface area contributed by atoms with Crippen LogP contribution >= 0.6 is 0 Å². The third-order valence-corrected chi connectivity index (χ3v) is 4.04. The Labute approximate surface area is 140 Å². The lowest BCUT2D eigenvalue weighted by Crippen LogP contribution is -2.49. The second-order valence-electron chi connectivity index (χ2n) is 5.80. The number of rotatable bonds is 7. The Hall–Kier alpha value is -2.32. The van der Waals surface area contributed by atoms with Crippen molar-refractivity contribution < 1.29 is 9.53 Å². The van der Waals surface area contributed by atoms with E-state index in [2.05, 4.69) is 55.1 Å². The predicted molar refractivity (Wildman–Crippen MR) is 87.0 cm³/mol. The molecule has 1 aliphatic rings. The molecule has 1 fully saturated rings. The van der Waals surface area contributed by atoms with Crippen LogP contribution < -0.4 is 5.32 Å². The fraction of sp³-hybridized carbons (Fsp3) is 0.500. The minimum atomic E-state index is -0.442. The number of aromatic amines is 1. The fourth-order valence-electron chi connectivity index (χ4n) is 2.75. The highest BCUT2D eigenvalue weighted by Gasteiger charge is 2.26. The molecule has 1 aromatic carbocycles. The van der Waals surface area contributed by atoms with Crippen molar-refractivity contribution in [2.24, 2.45) is 0 Å². The van der Waals surface area contributed by atoms with Gasteiger partial charge in [-0.3, -0.25) is 9.69 Å². The molecule has 0 aliphatic carbocycles. The largest absolute Gasteiger partial charge is 0.366 e. The van der Waals surface area contributed by atoms with Gasteiger partial charge >= 0.3 is 0 Å². The topological polar surface area (TPSA) is 96.0 Å². The Morgan fingerprint density at radius 1 is 1.38 bits per heavy atom. The number of carbonyl (C=O) groups excluding carboxylic acids is 1. The van der Waals surface area contributed by atoms with Crippen molar-refractivity contribution in [2.75, 3.05) is 26.2 Å². The highest BCUT2D eigenvalue weighted by atomic mass is 16.5. The summed E-state index contributed by atoms with van der Waals surface area (Å²) in [7, 11) is 0. The number of aromatic nitrogens is 4. The second kappa shape index (κ2) is 8.51. The van der Waals surface area contributed by atoms with Crippen LogP contribution in [0.5, 0.6) is 0 Å². The van der Waals surface area contributed by atoms with Gasteiger partial charge in [0.15, 0.2) is 5.82 Å². The second-order valence-corrected chi connectivity index (χ2v) is 5.80. The van der Waals surface area contributed by atoms with E-state index in [0.29, 0.717) is 19.0 Å². The number of carbonyl (C=O) groups is 1. The van der Waals surface area contributed by atoms with Crippen LogP contribution in [-0.4, -0.2) is 63.8 Å². The third-order valence-electron chi connectivity index (χ3n) is 4.04. The van der Waals surface area contributed by atoms with E-state index in [9.17, 15) is 4.79 Å². The predicted octanol–water partition coefficient (Wildman–Crippen LogP) is 0.150. The van der Waals surface area contributed by atoms with Crippen LogP contribution in [0.2, 0.25) is 0 Å². The number of tetrazole rings is 1. The van der Waals surface area contributed by atoms with Gasteiger partial charge in [0.2, 0.25) is 0 Å². The van der Waals surface area contributed by atoms with Gasteiger partial charge in [0.1, 0.15) is 6.10 Å². The van der Waals surface area contributed by atoms with Gasteiger partial charge < -0.3 is 10.1 Å². The summed E-state index contributed by atoms with van der Waals surface area (Å²) in [5.41, 5.74) is 1.35. The van der Waals surface area contributed by atoms with Crippen LogP contribution in [-0.2, 0) is 22.5 Å². The summed E-state index contributed by atoms with van der Waals surface area (Å²) >= 11 is 0. The number of aryl methyl sites for hydroxylation is 1. The monoisotopic (exact) mass is 330 g/mol. The SMILES string of the molecule is O=C(NCc1nn[nH]n1)[C@H]1CN(CCCc2ccccc2)CCO1. The Balaban J connectivity index is 1.39. The van der Waals surface area contributed by atoms with Gasteiger partial charge in [0.25, 0.3) is 5.91 Å². The molecule has 0 unspecified atom stereocenters. The van der Waals surface area contributed by atoms with Crippen molar-refractivity contribution in [3.8, 4) is 0 Å². The quantitative estimate of drug-likeness (QED) is 0.750. The molecule has 2 aromatic rings. The van der Waals surface area contributed by atoms with Crippen LogP contribution in [0.3, 0.4) is 0 Å². The summed E-state index contributed by atoms with van der Waals surface area (Å²) in [6, 6.07) is 10.5. The van der Waals surface area contributed by atoms with Gasteiger partial charge in [-0.15, -0.1) is 10.2 Å². The molecule has 1 amide bonds. The van der Waals surface area contributed by atoms with E-state index in [4.69, 9.17) is 4.74 Å². The average molecular weight is 330 g/mol. The highest BCUT2D eigenvalue weighted by Crippen LogP contribution is 2.08. The van der Waals surface area contributed by atoms with Crippen LogP contribution in [0.15, 0.2) is 30.3 Å². The third kappa shape index (κ3) is 4.84. The first kappa shape index (κ1) is 16.5. The van der Waals surface area contributed by atoms with E-state index >= 15 is 0 Å².